The van der Waals surface area contributed by atoms with E-state index in [1.807, 2.05) is 6.92 Å². The number of carbonyl (C=O) groups is 1. The lowest BCUT2D eigenvalue weighted by atomic mass is 10.0. The van der Waals surface area contributed by atoms with Gasteiger partial charge in [0.15, 0.2) is 5.78 Å². The fraction of sp³-hybridized carbons (Fsp3) is 0.500. The second-order valence-electron chi connectivity index (χ2n) is 4.71. The predicted octanol–water partition coefficient (Wildman–Crippen LogP) is 2.62. The van der Waals surface area contributed by atoms with E-state index in [1.165, 1.54) is 19.1 Å². The fourth-order valence-corrected chi connectivity index (χ4v) is 1.98. The molecule has 1 aromatic carbocycles. The number of non-ortho nitro benzene ring substituents is 1. The Balaban J connectivity index is 2.89. The first kappa shape index (κ1) is 16.1. The number of nitro benzene ring substituents is 1. The van der Waals surface area contributed by atoms with Crippen LogP contribution in [0.4, 0.5) is 11.4 Å². The molecule has 0 aliphatic rings. The number of anilines is 1. The monoisotopic (exact) mass is 280 g/mol. The van der Waals surface area contributed by atoms with Crippen molar-refractivity contribution in [2.24, 2.45) is 5.92 Å². The number of benzene rings is 1. The Morgan fingerprint density at radius 3 is 2.70 bits per heavy atom. The number of carbonyl (C=O) groups excluding carboxylic acids is 1. The number of ketones is 1. The summed E-state index contributed by atoms with van der Waals surface area (Å²) in [7, 11) is 0. The summed E-state index contributed by atoms with van der Waals surface area (Å²) in [6, 6.07) is 4.22. The number of rotatable bonds is 8. The largest absolute Gasteiger partial charge is 0.396 e. The maximum atomic E-state index is 11.6. The summed E-state index contributed by atoms with van der Waals surface area (Å²) in [5, 5.41) is 22.8. The molecule has 6 nitrogen and oxygen atoms in total. The van der Waals surface area contributed by atoms with Crippen LogP contribution in [0.15, 0.2) is 18.2 Å². The highest BCUT2D eigenvalue weighted by Crippen LogP contribution is 2.23. The Morgan fingerprint density at radius 1 is 1.50 bits per heavy atom. The van der Waals surface area contributed by atoms with Gasteiger partial charge in [0.05, 0.1) is 4.92 Å². The molecular formula is C14H20N2O4. The van der Waals surface area contributed by atoms with Gasteiger partial charge in [0, 0.05) is 36.5 Å². The van der Waals surface area contributed by atoms with Gasteiger partial charge in [-0.1, -0.05) is 13.3 Å². The van der Waals surface area contributed by atoms with E-state index < -0.39 is 4.92 Å². The number of nitrogens with zero attached hydrogens (tertiary/aromatic N) is 1. The van der Waals surface area contributed by atoms with Crippen LogP contribution >= 0.6 is 0 Å². The van der Waals surface area contributed by atoms with E-state index in [9.17, 15) is 14.9 Å². The molecule has 1 rings (SSSR count). The van der Waals surface area contributed by atoms with Crippen molar-refractivity contribution < 1.29 is 14.8 Å². The average Bonchev–Trinajstić information content (AvgIpc) is 2.42. The van der Waals surface area contributed by atoms with Crippen molar-refractivity contribution >= 4 is 17.2 Å². The molecule has 0 unspecified atom stereocenters. The van der Waals surface area contributed by atoms with Crippen molar-refractivity contribution in [3.05, 3.63) is 33.9 Å². The summed E-state index contributed by atoms with van der Waals surface area (Å²) in [6.45, 7) is 4.16. The Hall–Kier alpha value is -1.95. The third-order valence-electron chi connectivity index (χ3n) is 3.29. The number of hydrogen-bond acceptors (Lipinski definition) is 5. The molecule has 1 atom stereocenters. The zero-order valence-corrected chi connectivity index (χ0v) is 11.8. The van der Waals surface area contributed by atoms with Crippen LogP contribution < -0.4 is 5.32 Å². The molecule has 2 N–H and O–H groups in total. The van der Waals surface area contributed by atoms with Crippen LogP contribution in [0.1, 0.15) is 37.0 Å². The van der Waals surface area contributed by atoms with Crippen LogP contribution in [0.5, 0.6) is 0 Å². The summed E-state index contributed by atoms with van der Waals surface area (Å²) in [5.41, 5.74) is 0.820. The van der Waals surface area contributed by atoms with Crippen molar-refractivity contribution in [1.29, 1.82) is 0 Å². The number of nitro groups is 1. The SMILES string of the molecule is CC[C@@H](CCO)CNc1ccc([N+](=O)[O-])cc1C(C)=O. The maximum absolute atomic E-state index is 11.6. The van der Waals surface area contributed by atoms with E-state index in [4.69, 9.17) is 5.11 Å². The molecule has 0 spiro atoms. The standard InChI is InChI=1S/C14H20N2O4/c1-3-11(6-7-17)9-15-14-5-4-12(16(19)20)8-13(14)10(2)18/h4-5,8,11,15,17H,3,6-7,9H2,1-2H3/t11-/m0/s1. The minimum Gasteiger partial charge on any atom is -0.396 e. The normalized spacial score (nSPS) is 11.9. The topological polar surface area (TPSA) is 92.5 Å². The lowest BCUT2D eigenvalue weighted by Crippen LogP contribution is -2.16. The molecule has 110 valence electrons. The highest BCUT2D eigenvalue weighted by molar-refractivity contribution is 6.00. The molecule has 0 saturated heterocycles. The summed E-state index contributed by atoms with van der Waals surface area (Å²) in [4.78, 5) is 21.8. The van der Waals surface area contributed by atoms with Crippen molar-refractivity contribution in [3.63, 3.8) is 0 Å². The molecule has 1 aromatic rings. The Bertz CT molecular complexity index is 488. The zero-order valence-electron chi connectivity index (χ0n) is 11.8. The zero-order chi connectivity index (χ0) is 15.1. The van der Waals surface area contributed by atoms with Crippen molar-refractivity contribution in [2.75, 3.05) is 18.5 Å². The first-order valence-electron chi connectivity index (χ1n) is 6.63. The van der Waals surface area contributed by atoms with E-state index in [0.717, 1.165) is 6.42 Å². The van der Waals surface area contributed by atoms with Gasteiger partial charge < -0.3 is 10.4 Å². The number of Topliss-reactive ketones (excluding diaryl/α,β-unsaturated/α-hetero) is 1. The van der Waals surface area contributed by atoms with Gasteiger partial charge in [-0.15, -0.1) is 0 Å². The van der Waals surface area contributed by atoms with Crippen molar-refractivity contribution in [3.8, 4) is 0 Å². The van der Waals surface area contributed by atoms with Crippen LogP contribution in [0, 0.1) is 16.0 Å². The van der Waals surface area contributed by atoms with Gasteiger partial charge >= 0.3 is 0 Å². The quantitative estimate of drug-likeness (QED) is 0.434. The number of hydrogen-bond donors (Lipinski definition) is 2. The number of nitrogens with one attached hydrogen (secondary N) is 1. The van der Waals surface area contributed by atoms with E-state index in [-0.39, 0.29) is 18.1 Å². The van der Waals surface area contributed by atoms with Gasteiger partial charge in [0.25, 0.3) is 5.69 Å². The van der Waals surface area contributed by atoms with E-state index in [0.29, 0.717) is 30.1 Å². The number of aliphatic hydroxyl groups is 1. The van der Waals surface area contributed by atoms with Crippen LogP contribution in [0.3, 0.4) is 0 Å². The smallest absolute Gasteiger partial charge is 0.270 e. The van der Waals surface area contributed by atoms with E-state index in [2.05, 4.69) is 5.32 Å². The molecule has 0 amide bonds. The van der Waals surface area contributed by atoms with E-state index >= 15 is 0 Å². The lowest BCUT2D eigenvalue weighted by Gasteiger charge is -2.16. The van der Waals surface area contributed by atoms with Crippen molar-refractivity contribution in [1.82, 2.24) is 0 Å². The van der Waals surface area contributed by atoms with E-state index in [1.54, 1.807) is 6.07 Å². The lowest BCUT2D eigenvalue weighted by molar-refractivity contribution is -0.384. The maximum Gasteiger partial charge on any atom is 0.270 e. The minimum absolute atomic E-state index is 0.0943. The van der Waals surface area contributed by atoms with Crippen LogP contribution in [-0.4, -0.2) is 29.0 Å². The molecule has 0 radical (unpaired) electrons. The summed E-state index contributed by atoms with van der Waals surface area (Å²) in [6.07, 6.45) is 1.60. The molecule has 0 heterocycles. The Morgan fingerprint density at radius 2 is 2.20 bits per heavy atom. The molecule has 0 aliphatic heterocycles. The third kappa shape index (κ3) is 4.31. The molecule has 0 aromatic heterocycles. The first-order chi connectivity index (χ1) is 9.49. The van der Waals surface area contributed by atoms with Crippen LogP contribution in [-0.2, 0) is 0 Å². The van der Waals surface area contributed by atoms with Gasteiger partial charge in [-0.3, -0.25) is 14.9 Å². The van der Waals surface area contributed by atoms with Crippen LogP contribution in [0.25, 0.3) is 0 Å². The molecule has 0 saturated carbocycles. The molecule has 6 heteroatoms. The molecule has 20 heavy (non-hydrogen) atoms. The summed E-state index contributed by atoms with van der Waals surface area (Å²) in [5.74, 6) is 0.0846. The second-order valence-corrected chi connectivity index (χ2v) is 4.71. The number of aliphatic hydroxyl groups excluding tert-OH is 1. The van der Waals surface area contributed by atoms with Gasteiger partial charge in [0.1, 0.15) is 0 Å². The van der Waals surface area contributed by atoms with Crippen molar-refractivity contribution in [2.45, 2.75) is 26.7 Å². The molecular weight excluding hydrogens is 260 g/mol. The average molecular weight is 280 g/mol. The minimum atomic E-state index is -0.517. The summed E-state index contributed by atoms with van der Waals surface area (Å²) < 4.78 is 0. The molecule has 0 aliphatic carbocycles. The summed E-state index contributed by atoms with van der Waals surface area (Å²) >= 11 is 0. The Kier molecular flexibility index (Phi) is 6.11. The van der Waals surface area contributed by atoms with Crippen LogP contribution in [0.2, 0.25) is 0 Å². The highest BCUT2D eigenvalue weighted by Gasteiger charge is 2.14. The van der Waals surface area contributed by atoms with Gasteiger partial charge in [-0.05, 0) is 25.3 Å². The van der Waals surface area contributed by atoms with Gasteiger partial charge in [0.2, 0.25) is 0 Å². The second kappa shape index (κ2) is 7.59. The highest BCUT2D eigenvalue weighted by atomic mass is 16.6. The first-order valence-corrected chi connectivity index (χ1v) is 6.63. The molecule has 0 fully saturated rings. The Labute approximate surface area is 118 Å². The van der Waals surface area contributed by atoms with Gasteiger partial charge in [-0.2, -0.15) is 0 Å². The van der Waals surface area contributed by atoms with Gasteiger partial charge in [-0.25, -0.2) is 0 Å². The fourth-order valence-electron chi connectivity index (χ4n) is 1.98. The third-order valence-corrected chi connectivity index (χ3v) is 3.29. The molecule has 0 bridgehead atoms. The predicted molar refractivity (Wildman–Crippen MR) is 77.1 cm³/mol.